The predicted octanol–water partition coefficient (Wildman–Crippen LogP) is 3.04. The first-order chi connectivity index (χ1) is 12.2. The number of nitrogen functional groups attached to an aromatic ring is 1. The van der Waals surface area contributed by atoms with Gasteiger partial charge >= 0.3 is 0 Å². The molecule has 136 valence electrons. The summed E-state index contributed by atoms with van der Waals surface area (Å²) in [6, 6.07) is 9.69. The fourth-order valence-electron chi connectivity index (χ4n) is 2.81. The van der Waals surface area contributed by atoms with Crippen molar-refractivity contribution in [2.45, 2.75) is 38.1 Å². The van der Waals surface area contributed by atoms with Crippen molar-refractivity contribution in [3.05, 3.63) is 36.5 Å². The zero-order valence-corrected chi connectivity index (χ0v) is 15.4. The fraction of sp³-hybridized carbons (Fsp3) is 0.412. The number of nitrogens with one attached hydrogen (secondary N) is 1. The lowest BCUT2D eigenvalue weighted by Gasteiger charge is -2.24. The summed E-state index contributed by atoms with van der Waals surface area (Å²) in [4.78, 5) is 8.80. The topological polar surface area (TPSA) is 119 Å². The maximum Gasteiger partial charge on any atom is 0.224 e. The van der Waals surface area contributed by atoms with Crippen LogP contribution < -0.4 is 27.0 Å². The van der Waals surface area contributed by atoms with E-state index in [1.54, 1.807) is 12.3 Å². The van der Waals surface area contributed by atoms with Crippen molar-refractivity contribution in [3.8, 4) is 0 Å². The van der Waals surface area contributed by atoms with Gasteiger partial charge in [0.05, 0.1) is 11.4 Å². The lowest BCUT2D eigenvalue weighted by molar-refractivity contribution is 0.461. The molecular formula is C17H27N7S. The maximum absolute atomic E-state index is 6.15. The first-order valence-electron chi connectivity index (χ1n) is 8.37. The van der Waals surface area contributed by atoms with Crippen LogP contribution >= 0.6 is 11.9 Å². The molecule has 2 aromatic rings. The highest BCUT2D eigenvalue weighted by atomic mass is 32.2. The zero-order valence-electron chi connectivity index (χ0n) is 14.6. The van der Waals surface area contributed by atoms with Gasteiger partial charge in [0.15, 0.2) is 5.82 Å². The first-order valence-corrected chi connectivity index (χ1v) is 9.66. The van der Waals surface area contributed by atoms with Crippen LogP contribution in [0.3, 0.4) is 0 Å². The molecule has 1 aliphatic rings. The average molecular weight is 362 g/mol. The van der Waals surface area contributed by atoms with Gasteiger partial charge in [0, 0.05) is 18.3 Å². The maximum atomic E-state index is 6.15. The summed E-state index contributed by atoms with van der Waals surface area (Å²) < 4.78 is 0. The van der Waals surface area contributed by atoms with E-state index in [-0.39, 0.29) is 0 Å². The van der Waals surface area contributed by atoms with Gasteiger partial charge in [-0.15, -0.1) is 0 Å². The molecule has 0 radical (unpaired) electrons. The van der Waals surface area contributed by atoms with Gasteiger partial charge in [0.1, 0.15) is 0 Å². The van der Waals surface area contributed by atoms with E-state index in [1.165, 1.54) is 49.1 Å². The summed E-state index contributed by atoms with van der Waals surface area (Å²) in [5.41, 5.74) is 7.31. The molecule has 0 aliphatic heterocycles. The molecule has 7 N–H and O–H groups in total. The average Bonchev–Trinajstić information content (AvgIpc) is 2.63. The normalized spacial score (nSPS) is 14.4. The van der Waals surface area contributed by atoms with Crippen molar-refractivity contribution in [3.63, 3.8) is 0 Å². The zero-order chi connectivity index (χ0) is 18.1. The number of anilines is 4. The molecule has 3 rings (SSSR count). The molecule has 8 heteroatoms. The number of para-hydroxylation sites is 2. The van der Waals surface area contributed by atoms with Crippen molar-refractivity contribution < 1.29 is 0 Å². The molecule has 0 bridgehead atoms. The smallest absolute Gasteiger partial charge is 0.224 e. The highest BCUT2D eigenvalue weighted by Crippen LogP contribution is 2.26. The van der Waals surface area contributed by atoms with Crippen LogP contribution in [0.2, 0.25) is 0 Å². The first kappa shape index (κ1) is 19.3. The van der Waals surface area contributed by atoms with Crippen molar-refractivity contribution >= 4 is 35.1 Å². The minimum atomic E-state index is 0.456. The molecule has 1 aromatic carbocycles. The number of hydrogen-bond donors (Lipinski definition) is 4. The fourth-order valence-corrected chi connectivity index (χ4v) is 2.81. The van der Waals surface area contributed by atoms with Crippen molar-refractivity contribution in [2.75, 3.05) is 22.3 Å². The highest BCUT2D eigenvalue weighted by molar-refractivity contribution is 7.96. The van der Waals surface area contributed by atoms with Crippen LogP contribution in [0.4, 0.5) is 23.1 Å². The third-order valence-electron chi connectivity index (χ3n) is 4.02. The van der Waals surface area contributed by atoms with Gasteiger partial charge in [-0.25, -0.2) is 10.8 Å². The summed E-state index contributed by atoms with van der Waals surface area (Å²) in [6.07, 6.45) is 9.73. The number of hydrazine groups is 1. The predicted molar refractivity (Wildman–Crippen MR) is 107 cm³/mol. The molecule has 1 fully saturated rings. The van der Waals surface area contributed by atoms with Crippen LogP contribution in [0.1, 0.15) is 32.1 Å². The molecule has 1 aromatic heterocycles. The lowest BCUT2D eigenvalue weighted by Crippen LogP contribution is -2.28. The Morgan fingerprint density at radius 3 is 2.52 bits per heavy atom. The van der Waals surface area contributed by atoms with Crippen LogP contribution in [-0.4, -0.2) is 22.3 Å². The summed E-state index contributed by atoms with van der Waals surface area (Å²) in [6.45, 7) is 0. The van der Waals surface area contributed by atoms with E-state index in [4.69, 9.17) is 16.7 Å². The van der Waals surface area contributed by atoms with Crippen LogP contribution in [0.15, 0.2) is 36.5 Å². The molecule has 1 aliphatic carbocycles. The van der Waals surface area contributed by atoms with Crippen LogP contribution in [0, 0.1) is 0 Å². The molecule has 0 unspecified atom stereocenters. The Bertz CT molecular complexity index is 646. The third-order valence-corrected chi connectivity index (χ3v) is 4.02. The Morgan fingerprint density at radius 2 is 1.84 bits per heavy atom. The van der Waals surface area contributed by atoms with Gasteiger partial charge in [-0.1, -0.05) is 43.3 Å². The van der Waals surface area contributed by atoms with Gasteiger partial charge in [-0.05, 0) is 31.2 Å². The van der Waals surface area contributed by atoms with E-state index in [2.05, 4.69) is 15.3 Å². The minimum Gasteiger partial charge on any atom is -0.397 e. The number of aromatic nitrogens is 2. The van der Waals surface area contributed by atoms with Gasteiger partial charge < -0.3 is 11.1 Å². The number of hydrogen-bond acceptors (Lipinski definition) is 8. The quantitative estimate of drug-likeness (QED) is 0.284. The van der Waals surface area contributed by atoms with Gasteiger partial charge in [0.2, 0.25) is 5.95 Å². The van der Waals surface area contributed by atoms with Gasteiger partial charge in [-0.2, -0.15) is 4.98 Å². The number of nitrogens with zero attached hydrogens (tertiary/aromatic N) is 3. The van der Waals surface area contributed by atoms with Crippen molar-refractivity contribution in [1.29, 1.82) is 0 Å². The van der Waals surface area contributed by atoms with Crippen molar-refractivity contribution in [2.24, 2.45) is 11.0 Å². The lowest BCUT2D eigenvalue weighted by atomic mass is 9.96. The SMILES string of the molecule is CSN.Nc1ccccc1N(N)c1ccnc(NC2CCCCC2)n1. The molecule has 0 saturated heterocycles. The molecule has 7 nitrogen and oxygen atoms in total. The molecular weight excluding hydrogens is 334 g/mol. The van der Waals surface area contributed by atoms with Crippen LogP contribution in [0.25, 0.3) is 0 Å². The Morgan fingerprint density at radius 1 is 1.16 bits per heavy atom. The summed E-state index contributed by atoms with van der Waals surface area (Å²) in [5, 5.41) is 9.66. The second-order valence-corrected chi connectivity index (χ2v) is 6.35. The van der Waals surface area contributed by atoms with E-state index in [0.717, 1.165) is 5.69 Å². The number of benzene rings is 1. The second-order valence-electron chi connectivity index (χ2n) is 5.88. The summed E-state index contributed by atoms with van der Waals surface area (Å²) in [5.74, 6) is 7.39. The second kappa shape index (κ2) is 10.1. The van der Waals surface area contributed by atoms with Crippen molar-refractivity contribution in [1.82, 2.24) is 9.97 Å². The highest BCUT2D eigenvalue weighted by Gasteiger charge is 2.15. The Balaban J connectivity index is 0.000000701. The van der Waals surface area contributed by atoms with E-state index >= 15 is 0 Å². The monoisotopic (exact) mass is 361 g/mol. The van der Waals surface area contributed by atoms with E-state index in [0.29, 0.717) is 23.5 Å². The summed E-state index contributed by atoms with van der Waals surface area (Å²) >= 11 is 1.25. The van der Waals surface area contributed by atoms with E-state index in [1.807, 2.05) is 30.5 Å². The number of rotatable bonds is 4. The molecule has 0 amide bonds. The largest absolute Gasteiger partial charge is 0.397 e. The number of nitrogens with two attached hydrogens (primary N) is 3. The van der Waals surface area contributed by atoms with E-state index < -0.39 is 0 Å². The Hall–Kier alpha value is -2.03. The van der Waals surface area contributed by atoms with Gasteiger partial charge in [-0.3, -0.25) is 10.1 Å². The van der Waals surface area contributed by atoms with Crippen LogP contribution in [-0.2, 0) is 0 Å². The molecule has 1 heterocycles. The standard InChI is InChI=1S/C16H22N6.CH5NS/c17-13-8-4-5-9-14(13)22(18)15-10-11-19-16(21-15)20-12-6-2-1-3-7-12;1-3-2/h4-5,8-12H,1-3,6-7,17-18H2,(H,19,20,21);2H2,1H3. The molecule has 25 heavy (non-hydrogen) atoms. The Kier molecular flexibility index (Phi) is 7.77. The van der Waals surface area contributed by atoms with Crippen LogP contribution in [0.5, 0.6) is 0 Å². The van der Waals surface area contributed by atoms with Gasteiger partial charge in [0.25, 0.3) is 0 Å². The van der Waals surface area contributed by atoms with E-state index in [9.17, 15) is 0 Å². The Labute approximate surface area is 153 Å². The molecule has 1 saturated carbocycles. The third kappa shape index (κ3) is 5.77. The summed E-state index contributed by atoms with van der Waals surface area (Å²) in [7, 11) is 0. The molecule has 0 spiro atoms. The molecule has 0 atom stereocenters. The minimum absolute atomic E-state index is 0.456.